The van der Waals surface area contributed by atoms with Gasteiger partial charge in [0.05, 0.1) is 0 Å². The number of hydrogen-bond donors (Lipinski definition) is 1. The summed E-state index contributed by atoms with van der Waals surface area (Å²) in [5.41, 5.74) is 3.03. The van der Waals surface area contributed by atoms with Crippen molar-refractivity contribution in [3.8, 4) is 17.2 Å². The van der Waals surface area contributed by atoms with Crippen LogP contribution in [-0.4, -0.2) is 5.11 Å². The molecule has 0 saturated heterocycles. The van der Waals surface area contributed by atoms with Crippen molar-refractivity contribution >= 4 is 12.2 Å². The van der Waals surface area contributed by atoms with Gasteiger partial charge in [0.15, 0.2) is 0 Å². The highest BCUT2D eigenvalue weighted by molar-refractivity contribution is 5.70. The lowest BCUT2D eigenvalue weighted by molar-refractivity contribution is 0.471. The number of phenols is 1. The van der Waals surface area contributed by atoms with Gasteiger partial charge in [-0.15, -0.1) is 0 Å². The molecule has 0 spiro atoms. The summed E-state index contributed by atoms with van der Waals surface area (Å²) in [7, 11) is 0. The molecule has 0 bridgehead atoms. The molecule has 0 atom stereocenters. The van der Waals surface area contributed by atoms with Gasteiger partial charge in [-0.2, -0.15) is 0 Å². The summed E-state index contributed by atoms with van der Waals surface area (Å²) in [5.74, 6) is 1.97. The van der Waals surface area contributed by atoms with E-state index in [4.69, 9.17) is 4.74 Å². The average molecular weight is 302 g/mol. The number of ether oxygens (including phenoxy) is 1. The van der Waals surface area contributed by atoms with Crippen LogP contribution in [0.25, 0.3) is 12.2 Å². The Morgan fingerprint density at radius 1 is 0.739 bits per heavy atom. The molecule has 0 aliphatic heterocycles. The topological polar surface area (TPSA) is 29.5 Å². The molecule has 0 fully saturated rings. The van der Waals surface area contributed by atoms with Gasteiger partial charge >= 0.3 is 0 Å². The van der Waals surface area contributed by atoms with Gasteiger partial charge in [0, 0.05) is 0 Å². The highest BCUT2D eigenvalue weighted by Crippen LogP contribution is 2.22. The predicted molar refractivity (Wildman–Crippen MR) is 94.7 cm³/mol. The van der Waals surface area contributed by atoms with Crippen molar-refractivity contribution in [2.24, 2.45) is 0 Å². The highest BCUT2D eigenvalue weighted by atomic mass is 16.5. The van der Waals surface area contributed by atoms with Gasteiger partial charge in [0.25, 0.3) is 0 Å². The molecule has 1 N–H and O–H groups in total. The van der Waals surface area contributed by atoms with Crippen molar-refractivity contribution < 1.29 is 9.84 Å². The fraction of sp³-hybridized carbons (Fsp3) is 0.0476. The number of hydrogen-bond acceptors (Lipinski definition) is 2. The van der Waals surface area contributed by atoms with Crippen LogP contribution in [0.1, 0.15) is 16.7 Å². The van der Waals surface area contributed by atoms with Crippen molar-refractivity contribution in [1.82, 2.24) is 0 Å². The quantitative estimate of drug-likeness (QED) is 0.630. The van der Waals surface area contributed by atoms with Crippen LogP contribution in [0.5, 0.6) is 17.2 Å². The van der Waals surface area contributed by atoms with Crippen molar-refractivity contribution in [3.05, 3.63) is 89.5 Å². The van der Waals surface area contributed by atoms with Crippen LogP contribution in [0.15, 0.2) is 72.8 Å². The largest absolute Gasteiger partial charge is 0.508 e. The third-order valence-electron chi connectivity index (χ3n) is 3.55. The lowest BCUT2D eigenvalue weighted by atomic mass is 10.1. The van der Waals surface area contributed by atoms with Crippen molar-refractivity contribution in [2.75, 3.05) is 0 Å². The van der Waals surface area contributed by atoms with E-state index < -0.39 is 0 Å². The van der Waals surface area contributed by atoms with Crippen LogP contribution in [-0.2, 0) is 0 Å². The first-order chi connectivity index (χ1) is 11.2. The predicted octanol–water partition coefficient (Wildman–Crippen LogP) is 5.66. The summed E-state index contributed by atoms with van der Waals surface area (Å²) in [6, 6.07) is 23.2. The minimum absolute atomic E-state index is 0.324. The second-order valence-electron chi connectivity index (χ2n) is 5.36. The first-order valence-electron chi connectivity index (χ1n) is 7.51. The van der Waals surface area contributed by atoms with E-state index in [0.29, 0.717) is 5.75 Å². The number of aromatic hydroxyl groups is 1. The smallest absolute Gasteiger partial charge is 0.127 e. The van der Waals surface area contributed by atoms with Crippen LogP contribution < -0.4 is 4.74 Å². The Labute approximate surface area is 136 Å². The molecule has 0 amide bonds. The molecule has 0 radical (unpaired) electrons. The van der Waals surface area contributed by atoms with Gasteiger partial charge in [0.2, 0.25) is 0 Å². The van der Waals surface area contributed by atoms with Crippen molar-refractivity contribution in [2.45, 2.75) is 6.92 Å². The van der Waals surface area contributed by atoms with Crippen LogP contribution >= 0.6 is 0 Å². The fourth-order valence-corrected chi connectivity index (χ4v) is 2.25. The highest BCUT2D eigenvalue weighted by Gasteiger charge is 1.97. The van der Waals surface area contributed by atoms with Crippen molar-refractivity contribution in [3.63, 3.8) is 0 Å². The second-order valence-corrected chi connectivity index (χ2v) is 5.36. The second kappa shape index (κ2) is 6.84. The van der Waals surface area contributed by atoms with E-state index in [0.717, 1.165) is 28.2 Å². The Morgan fingerprint density at radius 3 is 2.04 bits per heavy atom. The number of benzene rings is 3. The Bertz CT molecular complexity index is 803. The van der Waals surface area contributed by atoms with Crippen LogP contribution in [0, 0.1) is 6.92 Å². The number of aryl methyl sites for hydroxylation is 1. The molecule has 0 saturated carbocycles. The first kappa shape index (κ1) is 14.9. The lowest BCUT2D eigenvalue weighted by Crippen LogP contribution is -1.83. The molecule has 0 aliphatic carbocycles. The molecule has 2 nitrogen and oxygen atoms in total. The number of rotatable bonds is 4. The molecule has 23 heavy (non-hydrogen) atoms. The zero-order chi connectivity index (χ0) is 16.1. The summed E-state index contributed by atoms with van der Waals surface area (Å²) in [5, 5.41) is 9.54. The number of phenolic OH excluding ortho intramolecular Hbond substituents is 1. The molecule has 3 aromatic rings. The Morgan fingerprint density at radius 2 is 1.35 bits per heavy atom. The van der Waals surface area contributed by atoms with Crippen LogP contribution in [0.4, 0.5) is 0 Å². The minimum Gasteiger partial charge on any atom is -0.508 e. The maximum Gasteiger partial charge on any atom is 0.127 e. The normalized spacial score (nSPS) is 10.8. The molecule has 114 valence electrons. The molecular formula is C21H18O2. The average Bonchev–Trinajstić information content (AvgIpc) is 2.58. The SMILES string of the molecule is Cc1cc(C=Cc2ccc(Oc3ccccc3)cc2)ccc1O. The fourth-order valence-electron chi connectivity index (χ4n) is 2.25. The maximum atomic E-state index is 9.54. The molecule has 0 aliphatic rings. The van der Waals surface area contributed by atoms with E-state index >= 15 is 0 Å². The van der Waals surface area contributed by atoms with E-state index in [1.54, 1.807) is 6.07 Å². The van der Waals surface area contributed by atoms with Gasteiger partial charge < -0.3 is 9.84 Å². The van der Waals surface area contributed by atoms with Gasteiger partial charge in [-0.25, -0.2) is 0 Å². The summed E-state index contributed by atoms with van der Waals surface area (Å²) in [4.78, 5) is 0. The summed E-state index contributed by atoms with van der Waals surface area (Å²) < 4.78 is 5.77. The molecule has 0 heterocycles. The van der Waals surface area contributed by atoms with E-state index in [2.05, 4.69) is 0 Å². The standard InChI is InChI=1S/C21H18O2/c1-16-15-18(11-14-21(16)22)8-7-17-9-12-20(13-10-17)23-19-5-3-2-4-6-19/h2-15,22H,1H3. The van der Waals surface area contributed by atoms with E-state index in [9.17, 15) is 5.11 Å². The number of para-hydroxylation sites is 1. The monoisotopic (exact) mass is 302 g/mol. The van der Waals surface area contributed by atoms with Crippen molar-refractivity contribution in [1.29, 1.82) is 0 Å². The van der Waals surface area contributed by atoms with Gasteiger partial charge in [-0.05, 0) is 60.0 Å². The Hall–Kier alpha value is -3.00. The van der Waals surface area contributed by atoms with Gasteiger partial charge in [-0.1, -0.05) is 48.6 Å². The third-order valence-corrected chi connectivity index (χ3v) is 3.55. The lowest BCUT2D eigenvalue weighted by Gasteiger charge is -2.05. The third kappa shape index (κ3) is 4.01. The minimum atomic E-state index is 0.324. The zero-order valence-corrected chi connectivity index (χ0v) is 12.9. The molecule has 0 aromatic heterocycles. The summed E-state index contributed by atoms with van der Waals surface area (Å²) in [6.07, 6.45) is 4.07. The Kier molecular flexibility index (Phi) is 4.44. The van der Waals surface area contributed by atoms with E-state index in [1.807, 2.05) is 85.8 Å². The van der Waals surface area contributed by atoms with Crippen LogP contribution in [0.3, 0.4) is 0 Å². The molecule has 3 rings (SSSR count). The first-order valence-corrected chi connectivity index (χ1v) is 7.51. The van der Waals surface area contributed by atoms with E-state index in [-0.39, 0.29) is 0 Å². The van der Waals surface area contributed by atoms with Gasteiger partial charge in [-0.3, -0.25) is 0 Å². The van der Waals surface area contributed by atoms with E-state index in [1.165, 1.54) is 0 Å². The zero-order valence-electron chi connectivity index (χ0n) is 12.9. The molecular weight excluding hydrogens is 284 g/mol. The summed E-state index contributed by atoms with van der Waals surface area (Å²) >= 11 is 0. The molecule has 3 aromatic carbocycles. The van der Waals surface area contributed by atoms with Crippen LogP contribution in [0.2, 0.25) is 0 Å². The summed E-state index contributed by atoms with van der Waals surface area (Å²) in [6.45, 7) is 1.89. The molecule has 2 heteroatoms. The Balaban J connectivity index is 1.69. The maximum absolute atomic E-state index is 9.54. The van der Waals surface area contributed by atoms with Gasteiger partial charge in [0.1, 0.15) is 17.2 Å². The molecule has 0 unspecified atom stereocenters.